The number of hydrogen-bond donors (Lipinski definition) is 0. The van der Waals surface area contributed by atoms with Gasteiger partial charge in [-0.25, -0.2) is 9.97 Å². The van der Waals surface area contributed by atoms with Gasteiger partial charge in [0.25, 0.3) is 0 Å². The van der Waals surface area contributed by atoms with Crippen LogP contribution in [0.25, 0.3) is 99.6 Å². The molecule has 6 nitrogen and oxygen atoms in total. The number of rotatable bonds is 4. The molecule has 4 aromatic heterocycles. The molecule has 0 bridgehead atoms. The maximum atomic E-state index is 4.96. The molecule has 0 radical (unpaired) electrons. The highest BCUT2D eigenvalue weighted by Crippen LogP contribution is 2.40. The third-order valence-electron chi connectivity index (χ3n) is 10.2. The molecule has 0 aliphatic carbocycles. The third-order valence-corrected chi connectivity index (χ3v) is 10.2. The Morgan fingerprint density at radius 2 is 0.750 bits per heavy atom. The predicted octanol–water partition coefficient (Wildman–Crippen LogP) is 11.1. The largest absolute Gasteiger partial charge is 0.309 e. The van der Waals surface area contributed by atoms with Gasteiger partial charge in [-0.15, -0.1) is 0 Å². The molecular weight excluding hydrogens is 637 g/mol. The van der Waals surface area contributed by atoms with E-state index in [2.05, 4.69) is 118 Å². The fraction of sp³-hybridized carbons (Fsp3) is 0. The lowest BCUT2D eigenvalue weighted by Crippen LogP contribution is -1.96. The SMILES string of the molecule is c1cc(-c2cnc3ccccc3n2)cc(-n2c3ccccc3c3cc4c(cc32)c2ccccc2n4-c2cccc(-c3cnc4ccccc4n3)c2)c1. The molecule has 0 atom stereocenters. The molecule has 0 saturated heterocycles. The molecule has 0 N–H and O–H groups in total. The summed E-state index contributed by atoms with van der Waals surface area (Å²) in [6, 6.07) is 55.3. The Kier molecular flexibility index (Phi) is 6.15. The van der Waals surface area contributed by atoms with Crippen molar-refractivity contribution in [3.8, 4) is 33.9 Å². The van der Waals surface area contributed by atoms with E-state index < -0.39 is 0 Å². The second kappa shape index (κ2) is 11.2. The van der Waals surface area contributed by atoms with Crippen molar-refractivity contribution in [3.05, 3.63) is 170 Å². The van der Waals surface area contributed by atoms with Gasteiger partial charge in [0.15, 0.2) is 0 Å². The van der Waals surface area contributed by atoms with E-state index in [1.165, 1.54) is 21.5 Å². The Hall–Kier alpha value is -7.18. The fourth-order valence-corrected chi connectivity index (χ4v) is 7.79. The third kappa shape index (κ3) is 4.38. The van der Waals surface area contributed by atoms with E-state index in [0.717, 1.165) is 78.0 Å². The summed E-state index contributed by atoms with van der Waals surface area (Å²) in [4.78, 5) is 19.3. The van der Waals surface area contributed by atoms with E-state index in [4.69, 9.17) is 19.9 Å². The van der Waals surface area contributed by atoms with Crippen molar-refractivity contribution in [2.45, 2.75) is 0 Å². The zero-order chi connectivity index (χ0) is 34.2. The van der Waals surface area contributed by atoms with Crippen molar-refractivity contribution in [2.24, 2.45) is 0 Å². The molecule has 0 fully saturated rings. The van der Waals surface area contributed by atoms with Gasteiger partial charge in [0, 0.05) is 44.0 Å². The van der Waals surface area contributed by atoms with Gasteiger partial charge in [0.05, 0.1) is 67.9 Å². The lowest BCUT2D eigenvalue weighted by atomic mass is 10.1. The zero-order valence-corrected chi connectivity index (χ0v) is 27.8. The number of aromatic nitrogens is 6. The smallest absolute Gasteiger partial charge is 0.0894 e. The van der Waals surface area contributed by atoms with Crippen LogP contribution in [0.3, 0.4) is 0 Å². The summed E-state index contributed by atoms with van der Waals surface area (Å²) in [6.45, 7) is 0. The molecule has 0 aliphatic heterocycles. The van der Waals surface area contributed by atoms with Gasteiger partial charge in [0.1, 0.15) is 0 Å². The quantitative estimate of drug-likeness (QED) is 0.188. The van der Waals surface area contributed by atoms with E-state index in [1.807, 2.05) is 60.9 Å². The molecule has 6 heteroatoms. The minimum Gasteiger partial charge on any atom is -0.309 e. The number of nitrogens with zero attached hydrogens (tertiary/aromatic N) is 6. The Morgan fingerprint density at radius 1 is 0.327 bits per heavy atom. The van der Waals surface area contributed by atoms with Crippen LogP contribution < -0.4 is 0 Å². The topological polar surface area (TPSA) is 61.4 Å². The molecule has 242 valence electrons. The summed E-state index contributed by atoms with van der Waals surface area (Å²) >= 11 is 0. The highest BCUT2D eigenvalue weighted by Gasteiger charge is 2.19. The van der Waals surface area contributed by atoms with E-state index in [-0.39, 0.29) is 0 Å². The van der Waals surface area contributed by atoms with E-state index in [1.54, 1.807) is 0 Å². The molecule has 0 amide bonds. The van der Waals surface area contributed by atoms with Crippen LogP contribution in [0.1, 0.15) is 0 Å². The Labute approximate surface area is 297 Å². The first-order valence-electron chi connectivity index (χ1n) is 17.4. The van der Waals surface area contributed by atoms with Gasteiger partial charge < -0.3 is 9.13 Å². The van der Waals surface area contributed by atoms with Crippen LogP contribution in [0.15, 0.2) is 170 Å². The zero-order valence-electron chi connectivity index (χ0n) is 27.8. The fourth-order valence-electron chi connectivity index (χ4n) is 7.79. The van der Waals surface area contributed by atoms with Gasteiger partial charge in [-0.3, -0.25) is 9.97 Å². The van der Waals surface area contributed by atoms with Crippen LogP contribution in [0.4, 0.5) is 0 Å². The molecule has 11 rings (SSSR count). The van der Waals surface area contributed by atoms with Gasteiger partial charge in [-0.05, 0) is 72.8 Å². The van der Waals surface area contributed by atoms with E-state index in [0.29, 0.717) is 0 Å². The van der Waals surface area contributed by atoms with Crippen molar-refractivity contribution in [1.29, 1.82) is 0 Å². The van der Waals surface area contributed by atoms with Crippen molar-refractivity contribution >= 4 is 65.7 Å². The summed E-state index contributed by atoms with van der Waals surface area (Å²) in [5, 5.41) is 4.79. The lowest BCUT2D eigenvalue weighted by Gasteiger charge is -2.11. The van der Waals surface area contributed by atoms with Gasteiger partial charge in [0.2, 0.25) is 0 Å². The predicted molar refractivity (Wildman–Crippen MR) is 212 cm³/mol. The van der Waals surface area contributed by atoms with Gasteiger partial charge >= 0.3 is 0 Å². The first-order chi connectivity index (χ1) is 25.8. The number of fused-ring (bicyclic) bond motifs is 8. The summed E-state index contributed by atoms with van der Waals surface area (Å²) < 4.78 is 4.76. The van der Waals surface area contributed by atoms with Crippen LogP contribution in [0.2, 0.25) is 0 Å². The van der Waals surface area contributed by atoms with Crippen molar-refractivity contribution < 1.29 is 0 Å². The number of benzene rings is 7. The second-order valence-electron chi connectivity index (χ2n) is 13.2. The molecule has 52 heavy (non-hydrogen) atoms. The highest BCUT2D eigenvalue weighted by molar-refractivity contribution is 6.19. The van der Waals surface area contributed by atoms with Gasteiger partial charge in [-0.1, -0.05) is 84.9 Å². The van der Waals surface area contributed by atoms with Gasteiger partial charge in [-0.2, -0.15) is 0 Å². The minimum absolute atomic E-state index is 0.851. The second-order valence-corrected chi connectivity index (χ2v) is 13.2. The first kappa shape index (κ1) is 28.6. The van der Waals surface area contributed by atoms with Crippen LogP contribution in [0.5, 0.6) is 0 Å². The van der Waals surface area contributed by atoms with Crippen molar-refractivity contribution in [3.63, 3.8) is 0 Å². The molecule has 11 aromatic rings. The lowest BCUT2D eigenvalue weighted by molar-refractivity contribution is 1.17. The molecular formula is C46H28N6. The Balaban J connectivity index is 1.13. The maximum Gasteiger partial charge on any atom is 0.0894 e. The molecule has 0 aliphatic rings. The standard InChI is InChI=1S/C46H28N6/c1-7-21-43-33(15-1)35-25-46-36(26-45(35)51(43)31-13-9-11-29(23-31)41-27-47-37-17-3-5-19-39(37)49-41)34-16-2-8-22-44(34)52(46)32-14-10-12-30(24-32)42-28-48-38-18-4-6-20-40(38)50-42/h1-28H. The van der Waals surface area contributed by atoms with E-state index >= 15 is 0 Å². The molecule has 0 spiro atoms. The Morgan fingerprint density at radius 3 is 1.23 bits per heavy atom. The first-order valence-corrected chi connectivity index (χ1v) is 17.4. The summed E-state index contributed by atoms with van der Waals surface area (Å²) in [6.07, 6.45) is 3.74. The Bertz CT molecular complexity index is 2990. The average molecular weight is 665 g/mol. The van der Waals surface area contributed by atoms with Crippen LogP contribution in [-0.2, 0) is 0 Å². The molecule has 4 heterocycles. The highest BCUT2D eigenvalue weighted by atomic mass is 15.0. The monoisotopic (exact) mass is 664 g/mol. The van der Waals surface area contributed by atoms with Crippen molar-refractivity contribution in [1.82, 2.24) is 29.1 Å². The summed E-state index contributed by atoms with van der Waals surface area (Å²) in [5.41, 5.74) is 14.1. The summed E-state index contributed by atoms with van der Waals surface area (Å²) in [7, 11) is 0. The van der Waals surface area contributed by atoms with Crippen molar-refractivity contribution in [2.75, 3.05) is 0 Å². The summed E-state index contributed by atoms with van der Waals surface area (Å²) in [5.74, 6) is 0. The molecule has 0 unspecified atom stereocenters. The minimum atomic E-state index is 0.851. The number of para-hydroxylation sites is 6. The normalized spacial score (nSPS) is 11.8. The average Bonchev–Trinajstić information content (AvgIpc) is 3.71. The number of hydrogen-bond acceptors (Lipinski definition) is 4. The van der Waals surface area contributed by atoms with Crippen LogP contribution >= 0.6 is 0 Å². The van der Waals surface area contributed by atoms with Crippen LogP contribution in [0, 0.1) is 0 Å². The maximum absolute atomic E-state index is 4.96. The van der Waals surface area contributed by atoms with E-state index in [9.17, 15) is 0 Å². The molecule has 7 aromatic carbocycles. The van der Waals surface area contributed by atoms with Crippen LogP contribution in [-0.4, -0.2) is 29.1 Å². The molecule has 0 saturated carbocycles.